The van der Waals surface area contributed by atoms with Crippen molar-refractivity contribution in [2.24, 2.45) is 0 Å². The summed E-state index contributed by atoms with van der Waals surface area (Å²) in [6, 6.07) is 0. The summed E-state index contributed by atoms with van der Waals surface area (Å²) in [5, 5.41) is 1.08. The van der Waals surface area contributed by atoms with E-state index in [4.69, 9.17) is 0 Å². The lowest BCUT2D eigenvalue weighted by atomic mass is 10.2. The van der Waals surface area contributed by atoms with Crippen LogP contribution < -0.4 is 4.98 Å². The molecule has 1 nitrogen and oxygen atoms in total. The van der Waals surface area contributed by atoms with E-state index in [1.807, 2.05) is 0 Å². The third-order valence-corrected chi connectivity index (χ3v) is 11.5. The summed E-state index contributed by atoms with van der Waals surface area (Å²) in [4.78, 5) is 3.95. The molecule has 0 rings (SSSR count). The maximum Gasteiger partial charge on any atom is 0.142 e. The van der Waals surface area contributed by atoms with Crippen molar-refractivity contribution >= 4 is 8.24 Å². The van der Waals surface area contributed by atoms with Crippen LogP contribution in [0.3, 0.4) is 0 Å². The van der Waals surface area contributed by atoms with Crippen molar-refractivity contribution in [1.29, 1.82) is 0 Å². The molecular weight excluding hydrogens is 210 g/mol. The lowest BCUT2D eigenvalue weighted by Gasteiger charge is -2.59. The van der Waals surface area contributed by atoms with Crippen LogP contribution >= 0.6 is 0 Å². The summed E-state index contributed by atoms with van der Waals surface area (Å²) >= 11 is 0. The fraction of sp³-hybridized carbons (Fsp3) is 1.00. The summed E-state index contributed by atoms with van der Waals surface area (Å²) in [7, 11) is -1.65. The molecular formula is C14H33NSi. The summed E-state index contributed by atoms with van der Waals surface area (Å²) in [5.74, 6) is 0. The molecule has 0 aromatic rings. The van der Waals surface area contributed by atoms with Crippen molar-refractivity contribution < 1.29 is 0 Å². The Morgan fingerprint density at radius 1 is 0.688 bits per heavy atom. The van der Waals surface area contributed by atoms with Crippen LogP contribution in [-0.4, -0.2) is 14.8 Å². The smallest absolute Gasteiger partial charge is 0.142 e. The molecule has 0 spiro atoms. The van der Waals surface area contributed by atoms with Crippen LogP contribution in [0.2, 0.25) is 15.1 Å². The summed E-state index contributed by atoms with van der Waals surface area (Å²) in [6.07, 6.45) is 0. The van der Waals surface area contributed by atoms with E-state index >= 15 is 0 Å². The average Bonchev–Trinajstić information content (AvgIpc) is 1.91. The van der Waals surface area contributed by atoms with E-state index in [2.05, 4.69) is 74.2 Å². The highest BCUT2D eigenvalue weighted by Gasteiger charge is 2.59. The van der Waals surface area contributed by atoms with Gasteiger partial charge in [-0.25, -0.2) is 0 Å². The molecule has 2 heteroatoms. The maximum absolute atomic E-state index is 3.95. The molecule has 0 heterocycles. The van der Waals surface area contributed by atoms with Gasteiger partial charge in [-0.05, 0) is 21.7 Å². The quantitative estimate of drug-likeness (QED) is 0.677. The van der Waals surface area contributed by atoms with Crippen LogP contribution in [0.4, 0.5) is 0 Å². The zero-order valence-corrected chi connectivity index (χ0v) is 14.2. The third kappa shape index (κ3) is 2.53. The number of rotatable bonds is 2. The summed E-state index contributed by atoms with van der Waals surface area (Å²) in [5.41, 5.74) is 0. The highest BCUT2D eigenvalue weighted by Crippen LogP contribution is 2.60. The zero-order chi connectivity index (χ0) is 13.4. The minimum absolute atomic E-state index is 0.361. The largest absolute Gasteiger partial charge is 0.336 e. The zero-order valence-electron chi connectivity index (χ0n) is 13.2. The second kappa shape index (κ2) is 4.45. The van der Waals surface area contributed by atoms with E-state index in [0.717, 1.165) is 6.54 Å². The van der Waals surface area contributed by atoms with E-state index < -0.39 is 8.24 Å². The Bertz CT molecular complexity index is 189. The Morgan fingerprint density at radius 2 is 0.938 bits per heavy atom. The van der Waals surface area contributed by atoms with Crippen molar-refractivity contribution in [2.45, 2.75) is 84.4 Å². The van der Waals surface area contributed by atoms with Crippen molar-refractivity contribution in [2.75, 3.05) is 6.54 Å². The molecule has 16 heavy (non-hydrogen) atoms. The lowest BCUT2D eigenvalue weighted by Crippen LogP contribution is -2.68. The van der Waals surface area contributed by atoms with Crippen LogP contribution in [0.5, 0.6) is 0 Å². The second-order valence-electron chi connectivity index (χ2n) is 8.03. The minimum atomic E-state index is -1.65. The van der Waals surface area contributed by atoms with Gasteiger partial charge in [-0.3, -0.25) is 0 Å². The van der Waals surface area contributed by atoms with Crippen molar-refractivity contribution in [1.82, 2.24) is 4.98 Å². The SMILES string of the molecule is CCN[Si](C(C)(C)C)(C(C)(C)C)C(C)(C)C. The Labute approximate surface area is 104 Å². The van der Waals surface area contributed by atoms with Crippen LogP contribution in [0, 0.1) is 0 Å². The van der Waals surface area contributed by atoms with Gasteiger partial charge in [0.25, 0.3) is 0 Å². The van der Waals surface area contributed by atoms with E-state index in [9.17, 15) is 0 Å². The average molecular weight is 244 g/mol. The second-order valence-corrected chi connectivity index (χ2v) is 14.4. The van der Waals surface area contributed by atoms with E-state index in [1.54, 1.807) is 0 Å². The highest BCUT2D eigenvalue weighted by molar-refractivity contribution is 6.85. The van der Waals surface area contributed by atoms with Crippen molar-refractivity contribution in [3.8, 4) is 0 Å². The van der Waals surface area contributed by atoms with Crippen LogP contribution in [0.1, 0.15) is 69.2 Å². The van der Waals surface area contributed by atoms with Crippen LogP contribution in [-0.2, 0) is 0 Å². The van der Waals surface area contributed by atoms with Gasteiger partial charge in [0, 0.05) is 0 Å². The molecule has 0 saturated carbocycles. The van der Waals surface area contributed by atoms with E-state index in [1.165, 1.54) is 0 Å². The number of hydrogen-bond donors (Lipinski definition) is 1. The maximum atomic E-state index is 3.95. The molecule has 0 fully saturated rings. The topological polar surface area (TPSA) is 12.0 Å². The van der Waals surface area contributed by atoms with Gasteiger partial charge < -0.3 is 4.98 Å². The molecule has 0 unspecified atom stereocenters. The first-order valence-electron chi connectivity index (χ1n) is 6.56. The fourth-order valence-electron chi connectivity index (χ4n) is 4.44. The number of nitrogens with one attached hydrogen (secondary N) is 1. The van der Waals surface area contributed by atoms with Gasteiger partial charge in [0.1, 0.15) is 8.24 Å². The van der Waals surface area contributed by atoms with Gasteiger partial charge in [-0.15, -0.1) is 0 Å². The first kappa shape index (κ1) is 16.2. The first-order chi connectivity index (χ1) is 6.81. The lowest BCUT2D eigenvalue weighted by molar-refractivity contribution is 0.504. The van der Waals surface area contributed by atoms with Gasteiger partial charge >= 0.3 is 0 Å². The molecule has 0 aliphatic carbocycles. The fourth-order valence-corrected chi connectivity index (χ4v) is 13.3. The molecule has 0 atom stereocenters. The monoisotopic (exact) mass is 243 g/mol. The van der Waals surface area contributed by atoms with Gasteiger partial charge in [-0.2, -0.15) is 0 Å². The van der Waals surface area contributed by atoms with Gasteiger partial charge in [0.05, 0.1) is 0 Å². The molecule has 0 aliphatic rings. The van der Waals surface area contributed by atoms with Crippen molar-refractivity contribution in [3.63, 3.8) is 0 Å². The van der Waals surface area contributed by atoms with Crippen LogP contribution in [0.15, 0.2) is 0 Å². The molecule has 0 bridgehead atoms. The Kier molecular flexibility index (Phi) is 4.50. The normalized spacial score (nSPS) is 15.4. The standard InChI is InChI=1S/C14H33NSi/c1-11-15-16(12(2,3)4,13(5,6)7)14(8,9)10/h15H,11H2,1-10H3. The van der Waals surface area contributed by atoms with E-state index in [0.29, 0.717) is 15.1 Å². The Morgan fingerprint density at radius 3 is 1.00 bits per heavy atom. The van der Waals surface area contributed by atoms with Crippen molar-refractivity contribution in [3.05, 3.63) is 0 Å². The molecule has 0 aromatic heterocycles. The highest BCUT2D eigenvalue weighted by atomic mass is 28.3. The third-order valence-electron chi connectivity index (χ3n) is 3.82. The number of hydrogen-bond acceptors (Lipinski definition) is 1. The molecule has 0 aliphatic heterocycles. The molecule has 0 saturated heterocycles. The molecule has 0 radical (unpaired) electrons. The Balaban J connectivity index is 5.82. The molecule has 98 valence electrons. The van der Waals surface area contributed by atoms with E-state index in [-0.39, 0.29) is 0 Å². The predicted molar refractivity (Wildman–Crippen MR) is 78.6 cm³/mol. The van der Waals surface area contributed by atoms with Gasteiger partial charge in [0.2, 0.25) is 0 Å². The predicted octanol–water partition coefficient (Wildman–Crippen LogP) is 4.94. The minimum Gasteiger partial charge on any atom is -0.336 e. The molecule has 0 amide bonds. The van der Waals surface area contributed by atoms with Crippen LogP contribution in [0.25, 0.3) is 0 Å². The Hall–Kier alpha value is 0.177. The van der Waals surface area contributed by atoms with Gasteiger partial charge in [0.15, 0.2) is 0 Å². The molecule has 0 aromatic carbocycles. The first-order valence-corrected chi connectivity index (χ1v) is 8.56. The van der Waals surface area contributed by atoms with Gasteiger partial charge in [-0.1, -0.05) is 69.2 Å². The summed E-state index contributed by atoms with van der Waals surface area (Å²) in [6.45, 7) is 25.1. The molecule has 1 N–H and O–H groups in total. The summed E-state index contributed by atoms with van der Waals surface area (Å²) < 4.78 is 0.